The molecule has 0 radical (unpaired) electrons. The zero-order valence-corrected chi connectivity index (χ0v) is 27.7. The largest absolute Gasteiger partial charge is 0.472 e. The van der Waals surface area contributed by atoms with Gasteiger partial charge in [-0.3, -0.25) is 18.6 Å². The molecule has 1 unspecified atom stereocenters. The molecule has 0 saturated heterocycles. The summed E-state index contributed by atoms with van der Waals surface area (Å²) in [5.41, 5.74) is 0. The highest BCUT2D eigenvalue weighted by Crippen LogP contribution is 2.43. The van der Waals surface area contributed by atoms with Crippen molar-refractivity contribution in [3.63, 3.8) is 0 Å². The quantitative estimate of drug-likeness (QED) is 0.0321. The van der Waals surface area contributed by atoms with Gasteiger partial charge in [-0.25, -0.2) is 4.57 Å². The number of carbonyl (C=O) groups excluding carboxylic acids is 2. The number of carbonyl (C=O) groups is 2. The van der Waals surface area contributed by atoms with Gasteiger partial charge in [0.25, 0.3) is 0 Å². The number of ether oxygens (including phenoxy) is 2. The molecule has 0 amide bonds. The summed E-state index contributed by atoms with van der Waals surface area (Å²) in [6.45, 7) is 4.18. The van der Waals surface area contributed by atoms with Crippen molar-refractivity contribution in [2.45, 2.75) is 129 Å². The second-order valence-corrected chi connectivity index (χ2v) is 13.3. The molecule has 0 aromatic carbocycles. The van der Waals surface area contributed by atoms with E-state index in [2.05, 4.69) is 19.1 Å². The number of hydrogen-bond donors (Lipinski definition) is 1. The molecule has 0 bridgehead atoms. The molecule has 0 spiro atoms. The van der Waals surface area contributed by atoms with Crippen molar-refractivity contribution < 1.29 is 42.1 Å². The standard InChI is InChI=1S/C31H60NO8P/c1-6-8-10-11-12-13-14-15-16-17-18-19-20-22-23-30(33)37-27-29(40-31(34)24-21-9-7-2)28-39-41(35,36)38-26-25-32(3,4)5/h14-15,29H,6-13,16-28H2,1-5H3/p+1/b15-14+/t29-/m1/s1. The van der Waals surface area contributed by atoms with Crippen LogP contribution in [0.3, 0.4) is 0 Å². The molecule has 0 aliphatic carbocycles. The minimum atomic E-state index is -4.34. The van der Waals surface area contributed by atoms with E-state index in [-0.39, 0.29) is 32.0 Å². The Hall–Kier alpha value is -1.25. The number of rotatable bonds is 28. The molecule has 0 aliphatic heterocycles. The summed E-state index contributed by atoms with van der Waals surface area (Å²) < 4.78 is 33.6. The smallest absolute Gasteiger partial charge is 0.462 e. The molecule has 2 atom stereocenters. The molecule has 0 aromatic heterocycles. The van der Waals surface area contributed by atoms with E-state index in [0.29, 0.717) is 17.4 Å². The molecule has 41 heavy (non-hydrogen) atoms. The molecule has 0 rings (SSSR count). The average Bonchev–Trinajstić information content (AvgIpc) is 2.89. The lowest BCUT2D eigenvalue weighted by atomic mass is 10.1. The first-order chi connectivity index (χ1) is 19.5. The maximum Gasteiger partial charge on any atom is 0.472 e. The van der Waals surface area contributed by atoms with Crippen molar-refractivity contribution in [1.29, 1.82) is 0 Å². The summed E-state index contributed by atoms with van der Waals surface area (Å²) >= 11 is 0. The Morgan fingerprint density at radius 3 is 1.85 bits per heavy atom. The molecular formula is C31H61NO8P+. The number of esters is 2. The Kier molecular flexibility index (Phi) is 24.5. The van der Waals surface area contributed by atoms with Gasteiger partial charge in [0.1, 0.15) is 19.8 Å². The number of phosphoric acid groups is 1. The topological polar surface area (TPSA) is 108 Å². The number of likely N-dealkylation sites (N-methyl/N-ethyl adjacent to an activating group) is 1. The predicted molar refractivity (Wildman–Crippen MR) is 164 cm³/mol. The van der Waals surface area contributed by atoms with Crippen LogP contribution in [-0.4, -0.2) is 74.9 Å². The Labute approximate surface area is 250 Å². The van der Waals surface area contributed by atoms with Crippen molar-refractivity contribution in [3.05, 3.63) is 12.2 Å². The fraction of sp³-hybridized carbons (Fsp3) is 0.871. The van der Waals surface area contributed by atoms with Gasteiger partial charge in [-0.1, -0.05) is 83.8 Å². The van der Waals surface area contributed by atoms with Gasteiger partial charge in [0.2, 0.25) is 0 Å². The zero-order valence-electron chi connectivity index (χ0n) is 26.8. The molecular weight excluding hydrogens is 545 g/mol. The van der Waals surface area contributed by atoms with Crippen molar-refractivity contribution in [1.82, 2.24) is 0 Å². The molecule has 0 aromatic rings. The van der Waals surface area contributed by atoms with Crippen LogP contribution < -0.4 is 0 Å². The summed E-state index contributed by atoms with van der Waals surface area (Å²) in [5, 5.41) is 0. The highest BCUT2D eigenvalue weighted by Gasteiger charge is 2.27. The van der Waals surface area contributed by atoms with Gasteiger partial charge < -0.3 is 18.9 Å². The number of hydrogen-bond acceptors (Lipinski definition) is 7. The van der Waals surface area contributed by atoms with Crippen LogP contribution in [-0.2, 0) is 32.7 Å². The Morgan fingerprint density at radius 2 is 1.24 bits per heavy atom. The van der Waals surface area contributed by atoms with Crippen LogP contribution in [0.1, 0.15) is 123 Å². The molecule has 0 heterocycles. The third kappa shape index (κ3) is 28.6. The van der Waals surface area contributed by atoms with Crippen LogP contribution in [0.5, 0.6) is 0 Å². The number of unbranched alkanes of at least 4 members (excludes halogenated alkanes) is 12. The maximum absolute atomic E-state index is 12.3. The summed E-state index contributed by atoms with van der Waals surface area (Å²) in [4.78, 5) is 34.5. The summed E-state index contributed by atoms with van der Waals surface area (Å²) in [7, 11) is 1.47. The third-order valence-corrected chi connectivity index (χ3v) is 7.53. The van der Waals surface area contributed by atoms with Crippen molar-refractivity contribution >= 4 is 19.8 Å². The Bertz CT molecular complexity index is 738. The summed E-state index contributed by atoms with van der Waals surface area (Å²) in [6, 6.07) is 0. The number of nitrogens with zero attached hydrogens (tertiary/aromatic N) is 1. The number of quaternary nitrogens is 1. The SMILES string of the molecule is CCCCCCC/C=C/CCCCCCCC(=O)OC[C@H](COP(=O)(O)OCC[N+](C)(C)C)OC(=O)CCCCC. The molecule has 0 fully saturated rings. The van der Waals surface area contributed by atoms with Gasteiger partial charge in [-0.15, -0.1) is 0 Å². The first kappa shape index (κ1) is 39.8. The van der Waals surface area contributed by atoms with Crippen molar-refractivity contribution in [2.24, 2.45) is 0 Å². The van der Waals surface area contributed by atoms with Gasteiger partial charge in [0, 0.05) is 12.8 Å². The highest BCUT2D eigenvalue weighted by molar-refractivity contribution is 7.47. The normalized spacial score (nSPS) is 14.2. The van der Waals surface area contributed by atoms with E-state index in [0.717, 1.165) is 51.4 Å². The number of allylic oxidation sites excluding steroid dienone is 2. The minimum Gasteiger partial charge on any atom is -0.462 e. The second kappa shape index (κ2) is 25.3. The van der Waals surface area contributed by atoms with Gasteiger partial charge >= 0.3 is 19.8 Å². The average molecular weight is 607 g/mol. The van der Waals surface area contributed by atoms with Crippen LogP contribution in [0.15, 0.2) is 12.2 Å². The fourth-order valence-electron chi connectivity index (χ4n) is 3.95. The first-order valence-corrected chi connectivity index (χ1v) is 17.4. The van der Waals surface area contributed by atoms with E-state index >= 15 is 0 Å². The zero-order chi connectivity index (χ0) is 30.8. The first-order valence-electron chi connectivity index (χ1n) is 15.9. The van der Waals surface area contributed by atoms with Crippen molar-refractivity contribution in [2.75, 3.05) is 47.5 Å². The monoisotopic (exact) mass is 606 g/mol. The van der Waals surface area contributed by atoms with Crippen LogP contribution in [0.25, 0.3) is 0 Å². The Balaban J connectivity index is 4.28. The molecule has 1 N–H and O–H groups in total. The van der Waals surface area contributed by atoms with Crippen LogP contribution in [0.4, 0.5) is 0 Å². The van der Waals surface area contributed by atoms with Gasteiger partial charge in [-0.05, 0) is 38.5 Å². The van der Waals surface area contributed by atoms with E-state index in [1.165, 1.54) is 38.5 Å². The van der Waals surface area contributed by atoms with Gasteiger partial charge in [-0.2, -0.15) is 0 Å². The minimum absolute atomic E-state index is 0.0314. The lowest BCUT2D eigenvalue weighted by Crippen LogP contribution is -2.37. The highest BCUT2D eigenvalue weighted by atomic mass is 31.2. The van der Waals surface area contributed by atoms with Crippen LogP contribution >= 0.6 is 7.82 Å². The van der Waals surface area contributed by atoms with Gasteiger partial charge in [0.15, 0.2) is 6.10 Å². The Morgan fingerprint density at radius 1 is 0.732 bits per heavy atom. The van der Waals surface area contributed by atoms with Crippen LogP contribution in [0, 0.1) is 0 Å². The predicted octanol–water partition coefficient (Wildman–Crippen LogP) is 7.51. The summed E-state index contributed by atoms with van der Waals surface area (Å²) in [5.74, 6) is -0.839. The second-order valence-electron chi connectivity index (χ2n) is 11.8. The molecule has 0 saturated carbocycles. The van der Waals surface area contributed by atoms with E-state index in [1.54, 1.807) is 0 Å². The molecule has 9 nitrogen and oxygen atoms in total. The van der Waals surface area contributed by atoms with E-state index in [1.807, 2.05) is 28.1 Å². The van der Waals surface area contributed by atoms with E-state index < -0.39 is 26.5 Å². The third-order valence-electron chi connectivity index (χ3n) is 6.55. The maximum atomic E-state index is 12.3. The lowest BCUT2D eigenvalue weighted by molar-refractivity contribution is -0.870. The lowest BCUT2D eigenvalue weighted by Gasteiger charge is -2.24. The molecule has 0 aliphatic rings. The summed E-state index contributed by atoms with van der Waals surface area (Å²) in [6.07, 6.45) is 20.6. The molecule has 242 valence electrons. The van der Waals surface area contributed by atoms with E-state index in [4.69, 9.17) is 18.5 Å². The van der Waals surface area contributed by atoms with Crippen molar-refractivity contribution in [3.8, 4) is 0 Å². The number of phosphoric ester groups is 1. The van der Waals surface area contributed by atoms with E-state index in [9.17, 15) is 19.0 Å². The molecule has 10 heteroatoms. The fourth-order valence-corrected chi connectivity index (χ4v) is 4.69. The van der Waals surface area contributed by atoms with Gasteiger partial charge in [0.05, 0.1) is 27.7 Å². The van der Waals surface area contributed by atoms with Crippen LogP contribution in [0.2, 0.25) is 0 Å².